The summed E-state index contributed by atoms with van der Waals surface area (Å²) in [6, 6.07) is 11.8. The summed E-state index contributed by atoms with van der Waals surface area (Å²) in [6.07, 6.45) is -0.700. The lowest BCUT2D eigenvalue weighted by Gasteiger charge is -2.43. The fraction of sp³-hybridized carbons (Fsp3) is 0.500. The molecule has 3 rings (SSSR count). The van der Waals surface area contributed by atoms with Crippen LogP contribution in [0.4, 0.5) is 10.1 Å². The Labute approximate surface area is 230 Å². The quantitative estimate of drug-likeness (QED) is 0.308. The summed E-state index contributed by atoms with van der Waals surface area (Å²) in [5.41, 5.74) is -1.80. The van der Waals surface area contributed by atoms with Gasteiger partial charge in [0.1, 0.15) is 11.6 Å². The summed E-state index contributed by atoms with van der Waals surface area (Å²) in [5, 5.41) is 21.3. The van der Waals surface area contributed by atoms with E-state index in [1.165, 1.54) is 6.92 Å². The molecule has 0 radical (unpaired) electrons. The van der Waals surface area contributed by atoms with Crippen molar-refractivity contribution in [2.75, 3.05) is 12.9 Å². The van der Waals surface area contributed by atoms with Crippen LogP contribution in [0.5, 0.6) is 5.75 Å². The van der Waals surface area contributed by atoms with E-state index in [0.29, 0.717) is 5.75 Å². The topological polar surface area (TPSA) is 149 Å². The van der Waals surface area contributed by atoms with Crippen LogP contribution in [0.1, 0.15) is 51.7 Å². The minimum absolute atomic E-state index is 0.0994. The van der Waals surface area contributed by atoms with Gasteiger partial charge < -0.3 is 9.47 Å². The number of methoxy groups -OCH3 is 1. The molecule has 0 unspecified atom stereocenters. The maximum atomic E-state index is 15.0. The smallest absolute Gasteiger partial charge is 0.269 e. The van der Waals surface area contributed by atoms with Gasteiger partial charge in [0.2, 0.25) is 0 Å². The summed E-state index contributed by atoms with van der Waals surface area (Å²) >= 11 is 0. The molecule has 0 bridgehead atoms. The Balaban J connectivity index is 1.87. The molecule has 10 nitrogen and oxygen atoms in total. The molecule has 0 saturated heterocycles. The Morgan fingerprint density at radius 3 is 2.33 bits per heavy atom. The van der Waals surface area contributed by atoms with Crippen LogP contribution in [0, 0.1) is 27.3 Å². The molecular formula is C26H32FN3O7S2. The first-order valence-electron chi connectivity index (χ1n) is 12.1. The van der Waals surface area contributed by atoms with Gasteiger partial charge >= 0.3 is 0 Å². The molecule has 0 aromatic heterocycles. The predicted octanol–water partition coefficient (Wildman–Crippen LogP) is 4.07. The van der Waals surface area contributed by atoms with Gasteiger partial charge in [0, 0.05) is 30.5 Å². The molecule has 1 aliphatic carbocycles. The first-order chi connectivity index (χ1) is 18.1. The van der Waals surface area contributed by atoms with Gasteiger partial charge in [0.05, 0.1) is 57.8 Å². The third-order valence-corrected chi connectivity index (χ3v) is 11.0. The van der Waals surface area contributed by atoms with Crippen molar-refractivity contribution in [3.8, 4) is 11.8 Å². The number of halogens is 1. The largest absolute Gasteiger partial charge is 0.497 e. The lowest BCUT2D eigenvalue weighted by Crippen LogP contribution is -2.58. The number of nitro groups is 1. The van der Waals surface area contributed by atoms with Crippen LogP contribution in [0.25, 0.3) is 0 Å². The minimum atomic E-state index is -4.30. The van der Waals surface area contributed by atoms with Gasteiger partial charge in [-0.25, -0.2) is 21.7 Å². The SMILES string of the molecule is COc1ccc(COC2CC(C#N)(S(=O)(=O)C[C@](C)(N[S@](=O)C(C)(C)C)c3cc([N+](=O)[O-])ccc3F)C2)cc1. The zero-order valence-corrected chi connectivity index (χ0v) is 24.0. The van der Waals surface area contributed by atoms with Gasteiger partial charge in [0.25, 0.3) is 5.69 Å². The Kier molecular flexibility index (Phi) is 8.86. The first-order valence-corrected chi connectivity index (χ1v) is 14.9. The predicted molar refractivity (Wildman–Crippen MR) is 144 cm³/mol. The van der Waals surface area contributed by atoms with E-state index in [9.17, 15) is 28.0 Å². The van der Waals surface area contributed by atoms with Crippen molar-refractivity contribution >= 4 is 26.5 Å². The van der Waals surface area contributed by atoms with E-state index in [1.54, 1.807) is 40.0 Å². The van der Waals surface area contributed by atoms with Crippen molar-refractivity contribution < 1.29 is 31.4 Å². The van der Waals surface area contributed by atoms with E-state index < -0.39 is 64.1 Å². The number of nitrogens with one attached hydrogen (secondary N) is 1. The van der Waals surface area contributed by atoms with Crippen molar-refractivity contribution in [1.29, 1.82) is 5.26 Å². The van der Waals surface area contributed by atoms with Crippen LogP contribution in [0.15, 0.2) is 42.5 Å². The van der Waals surface area contributed by atoms with Crippen molar-refractivity contribution in [3.63, 3.8) is 0 Å². The molecule has 2 aromatic rings. The van der Waals surface area contributed by atoms with E-state index >= 15 is 4.39 Å². The highest BCUT2D eigenvalue weighted by Crippen LogP contribution is 2.44. The molecule has 13 heteroatoms. The highest BCUT2D eigenvalue weighted by atomic mass is 32.2. The number of ether oxygens (including phenoxy) is 2. The van der Waals surface area contributed by atoms with Crippen LogP contribution in [-0.4, -0.2) is 46.0 Å². The molecule has 1 fully saturated rings. The number of hydrogen-bond donors (Lipinski definition) is 1. The van der Waals surface area contributed by atoms with Crippen molar-refractivity contribution in [1.82, 2.24) is 4.72 Å². The first kappa shape index (κ1) is 30.6. The van der Waals surface area contributed by atoms with Gasteiger partial charge in [-0.15, -0.1) is 0 Å². The van der Waals surface area contributed by atoms with Gasteiger partial charge in [-0.3, -0.25) is 10.1 Å². The number of sulfone groups is 1. The molecule has 2 atom stereocenters. The highest BCUT2D eigenvalue weighted by Gasteiger charge is 2.57. The van der Waals surface area contributed by atoms with Gasteiger partial charge in [0.15, 0.2) is 14.6 Å². The Morgan fingerprint density at radius 2 is 1.82 bits per heavy atom. The van der Waals surface area contributed by atoms with Crippen LogP contribution >= 0.6 is 0 Å². The summed E-state index contributed by atoms with van der Waals surface area (Å²) in [6.45, 7) is 6.45. The number of nitriles is 1. The third kappa shape index (κ3) is 6.63. The average Bonchev–Trinajstić information content (AvgIpc) is 2.82. The Morgan fingerprint density at radius 1 is 1.21 bits per heavy atom. The summed E-state index contributed by atoms with van der Waals surface area (Å²) < 4.78 is 66.5. The molecule has 1 aliphatic rings. The van der Waals surface area contributed by atoms with E-state index in [0.717, 1.165) is 23.8 Å². The van der Waals surface area contributed by atoms with E-state index in [4.69, 9.17) is 9.47 Å². The Bertz CT molecular complexity index is 1400. The van der Waals surface area contributed by atoms with E-state index in [-0.39, 0.29) is 25.0 Å². The van der Waals surface area contributed by atoms with Crippen molar-refractivity contribution in [3.05, 3.63) is 69.5 Å². The van der Waals surface area contributed by atoms with Crippen LogP contribution in [0.2, 0.25) is 0 Å². The summed E-state index contributed by atoms with van der Waals surface area (Å²) in [7, 11) is -4.63. The molecule has 212 valence electrons. The monoisotopic (exact) mass is 581 g/mol. The molecule has 0 amide bonds. The second-order valence-electron chi connectivity index (χ2n) is 10.8. The summed E-state index contributed by atoms with van der Waals surface area (Å²) in [5.74, 6) is -1.04. The molecule has 0 heterocycles. The minimum Gasteiger partial charge on any atom is -0.497 e. The average molecular weight is 582 g/mol. The fourth-order valence-corrected chi connectivity index (χ4v) is 7.50. The maximum Gasteiger partial charge on any atom is 0.269 e. The molecule has 39 heavy (non-hydrogen) atoms. The van der Waals surface area contributed by atoms with E-state index in [2.05, 4.69) is 4.72 Å². The number of rotatable bonds is 11. The number of nitro benzene ring substituents is 1. The van der Waals surface area contributed by atoms with Crippen LogP contribution < -0.4 is 9.46 Å². The maximum absolute atomic E-state index is 15.0. The fourth-order valence-electron chi connectivity index (χ4n) is 4.23. The zero-order valence-electron chi connectivity index (χ0n) is 22.4. The van der Waals surface area contributed by atoms with Crippen molar-refractivity contribution in [2.24, 2.45) is 0 Å². The highest BCUT2D eigenvalue weighted by molar-refractivity contribution is 7.93. The summed E-state index contributed by atoms with van der Waals surface area (Å²) in [4.78, 5) is 10.6. The Hall–Kier alpha value is -2.92. The molecule has 0 aliphatic heterocycles. The van der Waals surface area contributed by atoms with Crippen LogP contribution in [0.3, 0.4) is 0 Å². The lowest BCUT2D eigenvalue weighted by molar-refractivity contribution is -0.385. The number of nitrogens with zero attached hydrogens (tertiary/aromatic N) is 2. The van der Waals surface area contributed by atoms with Gasteiger partial charge in [-0.05, 0) is 51.5 Å². The zero-order chi connectivity index (χ0) is 29.2. The molecule has 1 saturated carbocycles. The molecular weight excluding hydrogens is 549 g/mol. The lowest BCUT2D eigenvalue weighted by atomic mass is 9.82. The van der Waals surface area contributed by atoms with E-state index in [1.807, 2.05) is 18.2 Å². The van der Waals surface area contributed by atoms with Gasteiger partial charge in [-0.2, -0.15) is 5.26 Å². The molecule has 1 N–H and O–H groups in total. The normalized spacial score (nSPS) is 21.7. The standard InChI is InChI=1S/C26H32FN3O7S2/c1-24(2,3)38(33)29-25(4,22-12-19(30(31)32)8-11-23(22)27)17-39(34,35)26(16-28)13-21(14-26)37-15-18-6-9-20(36-5)10-7-18/h6-12,21,29H,13-15,17H2,1-5H3/t21?,25-,26?,38+/m0/s1. The second kappa shape index (κ2) is 11.3. The second-order valence-corrected chi connectivity index (χ2v) is 15.1. The van der Waals surface area contributed by atoms with Crippen molar-refractivity contribution in [2.45, 2.75) is 68.3 Å². The number of benzene rings is 2. The number of non-ortho nitro benzene ring substituents is 1. The van der Waals surface area contributed by atoms with Gasteiger partial charge in [-0.1, -0.05) is 12.1 Å². The third-order valence-electron chi connectivity index (χ3n) is 6.67. The van der Waals surface area contributed by atoms with Crippen LogP contribution in [-0.2, 0) is 37.7 Å². The molecule has 2 aromatic carbocycles. The number of hydrogen-bond acceptors (Lipinski definition) is 8. The molecule has 0 spiro atoms.